The molecule has 2 rings (SSSR count). The Morgan fingerprint density at radius 3 is 2.25 bits per heavy atom. The van der Waals surface area contributed by atoms with Gasteiger partial charge in [0, 0.05) is 6.26 Å². The van der Waals surface area contributed by atoms with Gasteiger partial charge in [-0.3, -0.25) is 0 Å². The molecule has 1 aromatic carbocycles. The van der Waals surface area contributed by atoms with Crippen molar-refractivity contribution in [3.8, 4) is 0 Å². The number of benzene rings is 1. The smallest absolute Gasteiger partial charge is 0.175 e. The van der Waals surface area contributed by atoms with E-state index in [-0.39, 0.29) is 0 Å². The molecule has 24 heavy (non-hydrogen) atoms. The fourth-order valence-corrected chi connectivity index (χ4v) is 3.64. The van der Waals surface area contributed by atoms with Crippen molar-refractivity contribution >= 4 is 15.4 Å². The summed E-state index contributed by atoms with van der Waals surface area (Å²) in [5.74, 6) is -0.466. The summed E-state index contributed by atoms with van der Waals surface area (Å²) in [7, 11) is -3.19. The van der Waals surface area contributed by atoms with Crippen LogP contribution >= 0.6 is 0 Å². The molecule has 0 bridgehead atoms. The summed E-state index contributed by atoms with van der Waals surface area (Å²) in [6.07, 6.45) is 7.29. The highest BCUT2D eigenvalue weighted by Gasteiger charge is 2.19. The van der Waals surface area contributed by atoms with Gasteiger partial charge in [-0.1, -0.05) is 30.4 Å². The maximum Gasteiger partial charge on any atom is 0.175 e. The molecule has 0 amide bonds. The normalized spacial score (nSPS) is 15.2. The second kappa shape index (κ2) is 7.31. The van der Waals surface area contributed by atoms with Crippen molar-refractivity contribution in [1.82, 2.24) is 0 Å². The largest absolute Gasteiger partial charge is 0.224 e. The lowest BCUT2D eigenvalue weighted by Gasteiger charge is -2.12. The number of sulfone groups is 1. The minimum atomic E-state index is -3.19. The molecular formula is C20H23FO2S. The van der Waals surface area contributed by atoms with Crippen LogP contribution in [-0.2, 0) is 9.84 Å². The Bertz CT molecular complexity index is 834. The monoisotopic (exact) mass is 346 g/mol. The van der Waals surface area contributed by atoms with Crippen molar-refractivity contribution in [3.63, 3.8) is 0 Å². The van der Waals surface area contributed by atoms with Crippen LogP contribution in [0.5, 0.6) is 0 Å². The van der Waals surface area contributed by atoms with Crippen molar-refractivity contribution in [2.24, 2.45) is 0 Å². The molecule has 0 N–H and O–H groups in total. The molecule has 0 aromatic heterocycles. The molecule has 2 nitrogen and oxygen atoms in total. The maximum atomic E-state index is 13.0. The van der Waals surface area contributed by atoms with E-state index in [1.54, 1.807) is 18.2 Å². The Morgan fingerprint density at radius 2 is 1.75 bits per heavy atom. The fraction of sp³-hybridized carbons (Fsp3) is 0.300. The second-order valence-corrected chi connectivity index (χ2v) is 8.32. The summed E-state index contributed by atoms with van der Waals surface area (Å²) < 4.78 is 36.2. The van der Waals surface area contributed by atoms with Gasteiger partial charge in [-0.15, -0.1) is 0 Å². The van der Waals surface area contributed by atoms with Crippen LogP contribution in [0.4, 0.5) is 4.39 Å². The average Bonchev–Trinajstić information content (AvgIpc) is 2.95. The third kappa shape index (κ3) is 4.32. The van der Waals surface area contributed by atoms with E-state index in [0.29, 0.717) is 4.90 Å². The van der Waals surface area contributed by atoms with E-state index in [2.05, 4.69) is 6.58 Å². The quantitative estimate of drug-likeness (QED) is 0.669. The van der Waals surface area contributed by atoms with E-state index in [4.69, 9.17) is 0 Å². The molecule has 1 aromatic rings. The Kier molecular flexibility index (Phi) is 5.60. The van der Waals surface area contributed by atoms with Gasteiger partial charge in [-0.25, -0.2) is 12.8 Å². The van der Waals surface area contributed by atoms with E-state index in [9.17, 15) is 12.8 Å². The van der Waals surface area contributed by atoms with Gasteiger partial charge in [0.1, 0.15) is 5.83 Å². The number of allylic oxidation sites excluding steroid dienone is 7. The first-order valence-electron chi connectivity index (χ1n) is 7.93. The zero-order valence-electron chi connectivity index (χ0n) is 14.4. The van der Waals surface area contributed by atoms with Gasteiger partial charge < -0.3 is 0 Å². The lowest BCUT2D eigenvalue weighted by Crippen LogP contribution is -1.97. The van der Waals surface area contributed by atoms with Crippen LogP contribution in [0.1, 0.15) is 38.7 Å². The van der Waals surface area contributed by atoms with Gasteiger partial charge in [-0.2, -0.15) is 0 Å². The number of halogens is 1. The summed E-state index contributed by atoms with van der Waals surface area (Å²) >= 11 is 0. The lowest BCUT2D eigenvalue weighted by atomic mass is 9.94. The highest BCUT2D eigenvalue weighted by Crippen LogP contribution is 2.39. The summed E-state index contributed by atoms with van der Waals surface area (Å²) in [5, 5.41) is 0. The van der Waals surface area contributed by atoms with Crippen LogP contribution in [0, 0.1) is 0 Å². The van der Waals surface area contributed by atoms with Gasteiger partial charge in [0.05, 0.1) is 4.90 Å². The van der Waals surface area contributed by atoms with E-state index < -0.39 is 15.7 Å². The SMILES string of the molecule is C=C(F)/C=C\C(=C(C)C)C1=C(c2ccc(S(C)(=O)=O)cc2)CCC1. The first kappa shape index (κ1) is 18.4. The van der Waals surface area contributed by atoms with E-state index >= 15 is 0 Å². The van der Waals surface area contributed by atoms with E-state index in [1.165, 1.54) is 23.5 Å². The van der Waals surface area contributed by atoms with Gasteiger partial charge in [0.25, 0.3) is 0 Å². The predicted molar refractivity (Wildman–Crippen MR) is 98.1 cm³/mol. The minimum absolute atomic E-state index is 0.322. The molecule has 0 aliphatic heterocycles. The molecule has 0 heterocycles. The van der Waals surface area contributed by atoms with Gasteiger partial charge in [0.2, 0.25) is 0 Å². The van der Waals surface area contributed by atoms with Crippen molar-refractivity contribution in [2.75, 3.05) is 6.26 Å². The van der Waals surface area contributed by atoms with Crippen LogP contribution in [0.3, 0.4) is 0 Å². The Morgan fingerprint density at radius 1 is 1.12 bits per heavy atom. The average molecular weight is 346 g/mol. The topological polar surface area (TPSA) is 34.1 Å². The molecule has 0 spiro atoms. The second-order valence-electron chi connectivity index (χ2n) is 6.30. The highest BCUT2D eigenvalue weighted by molar-refractivity contribution is 7.90. The van der Waals surface area contributed by atoms with Crippen molar-refractivity contribution in [2.45, 2.75) is 38.0 Å². The fourth-order valence-electron chi connectivity index (χ4n) is 3.01. The number of hydrogen-bond acceptors (Lipinski definition) is 2. The molecule has 0 saturated heterocycles. The zero-order chi connectivity index (χ0) is 17.9. The molecule has 4 heteroatoms. The molecule has 0 saturated carbocycles. The minimum Gasteiger partial charge on any atom is -0.224 e. The van der Waals surface area contributed by atoms with Crippen LogP contribution in [0.2, 0.25) is 0 Å². The van der Waals surface area contributed by atoms with E-state index in [0.717, 1.165) is 36.0 Å². The lowest BCUT2D eigenvalue weighted by molar-refractivity contribution is 0.602. The first-order valence-corrected chi connectivity index (χ1v) is 9.82. The summed E-state index contributed by atoms with van der Waals surface area (Å²) in [6.45, 7) is 7.29. The molecule has 0 unspecified atom stereocenters. The summed E-state index contributed by atoms with van der Waals surface area (Å²) in [4.78, 5) is 0.322. The highest BCUT2D eigenvalue weighted by atomic mass is 32.2. The predicted octanol–water partition coefficient (Wildman–Crippen LogP) is 5.40. The third-order valence-corrected chi connectivity index (χ3v) is 5.27. The molecule has 1 aliphatic carbocycles. The molecular weight excluding hydrogens is 323 g/mol. The van der Waals surface area contributed by atoms with Gasteiger partial charge in [0.15, 0.2) is 9.84 Å². The summed E-state index contributed by atoms with van der Waals surface area (Å²) in [5.41, 5.74) is 5.60. The number of rotatable bonds is 5. The molecule has 0 atom stereocenters. The molecule has 1 aliphatic rings. The Balaban J connectivity index is 2.48. The summed E-state index contributed by atoms with van der Waals surface area (Å²) in [6, 6.07) is 7.01. The third-order valence-electron chi connectivity index (χ3n) is 4.14. The van der Waals surface area contributed by atoms with Crippen LogP contribution in [-0.4, -0.2) is 14.7 Å². The van der Waals surface area contributed by atoms with Crippen LogP contribution < -0.4 is 0 Å². The zero-order valence-corrected chi connectivity index (χ0v) is 15.2. The number of hydrogen-bond donors (Lipinski definition) is 0. The standard InChI is InChI=1S/C20H23FO2S/c1-14(2)18(13-8-15(3)21)20-7-5-6-19(20)16-9-11-17(12-10-16)24(4,22)23/h8-13H,3,5-7H2,1-2,4H3/b13-8-. The van der Waals surface area contributed by atoms with Crippen molar-refractivity contribution in [1.29, 1.82) is 0 Å². The van der Waals surface area contributed by atoms with Gasteiger partial charge in [-0.05, 0) is 73.6 Å². The molecule has 128 valence electrons. The Labute approximate surface area is 144 Å². The van der Waals surface area contributed by atoms with Gasteiger partial charge >= 0.3 is 0 Å². The Hall–Kier alpha value is -1.94. The maximum absolute atomic E-state index is 13.0. The first-order chi connectivity index (χ1) is 11.2. The molecule has 0 fully saturated rings. The van der Waals surface area contributed by atoms with E-state index in [1.807, 2.05) is 26.0 Å². The van der Waals surface area contributed by atoms with Crippen molar-refractivity contribution in [3.05, 3.63) is 71.1 Å². The van der Waals surface area contributed by atoms with Crippen LogP contribution in [0.15, 0.2) is 70.4 Å². The van der Waals surface area contributed by atoms with Crippen LogP contribution in [0.25, 0.3) is 5.57 Å². The van der Waals surface area contributed by atoms with Crippen molar-refractivity contribution < 1.29 is 12.8 Å². The molecule has 0 radical (unpaired) electrons.